The van der Waals surface area contributed by atoms with E-state index in [9.17, 15) is 0 Å². The van der Waals surface area contributed by atoms with Crippen molar-refractivity contribution in [2.24, 2.45) is 0 Å². The highest BCUT2D eigenvalue weighted by molar-refractivity contribution is 5.53. The minimum absolute atomic E-state index is 0.00390. The molecule has 0 saturated heterocycles. The molecule has 2 nitrogen and oxygen atoms in total. The van der Waals surface area contributed by atoms with Crippen LogP contribution in [0, 0.1) is 12.3 Å². The monoisotopic (exact) mass is 249 g/mol. The normalized spacial score (nSPS) is 14.7. The van der Waals surface area contributed by atoms with Gasteiger partial charge >= 0.3 is 0 Å². The minimum atomic E-state index is 0.00390. The van der Waals surface area contributed by atoms with Crippen LogP contribution in [0.5, 0.6) is 11.5 Å². The molecule has 0 saturated carbocycles. The topological polar surface area (TPSA) is 21.3 Å². The third-order valence-electron chi connectivity index (χ3n) is 3.35. The lowest BCUT2D eigenvalue weighted by Crippen LogP contribution is -2.31. The fraction of sp³-hybridized carbons (Fsp3) is 0.176. The Hall–Kier alpha value is -2.24. The van der Waals surface area contributed by atoms with Crippen molar-refractivity contribution < 1.29 is 4.74 Å². The van der Waals surface area contributed by atoms with Crippen LogP contribution in [0.3, 0.4) is 0 Å². The summed E-state index contributed by atoms with van der Waals surface area (Å²) in [7, 11) is 0. The number of nitrogens with one attached hydrogen (secondary N) is 1. The van der Waals surface area contributed by atoms with Crippen molar-refractivity contribution >= 4 is 0 Å². The van der Waals surface area contributed by atoms with Crippen LogP contribution in [0.25, 0.3) is 0 Å². The molecule has 0 aromatic heterocycles. The van der Waals surface area contributed by atoms with E-state index in [4.69, 9.17) is 11.2 Å². The number of terminal acetylenes is 1. The van der Waals surface area contributed by atoms with E-state index in [2.05, 4.69) is 23.4 Å². The molecule has 2 heteroatoms. The molecule has 1 unspecified atom stereocenters. The Morgan fingerprint density at radius 3 is 2.11 bits per heavy atom. The molecule has 0 radical (unpaired) electrons. The maximum atomic E-state index is 5.93. The summed E-state index contributed by atoms with van der Waals surface area (Å²) in [5, 5.41) is 3.46. The van der Waals surface area contributed by atoms with Crippen molar-refractivity contribution in [1.29, 1.82) is 0 Å². The molecule has 1 N–H and O–H groups in total. The SMILES string of the molecule is C#CC(C)NC1c2ccccc2Oc2ccccc21. The Morgan fingerprint density at radius 1 is 1.05 bits per heavy atom. The van der Waals surface area contributed by atoms with Gasteiger partial charge in [0.05, 0.1) is 12.1 Å². The molecule has 0 amide bonds. The summed E-state index contributed by atoms with van der Waals surface area (Å²) >= 11 is 0. The van der Waals surface area contributed by atoms with Crippen LogP contribution in [0.2, 0.25) is 0 Å². The Labute approximate surface area is 113 Å². The van der Waals surface area contributed by atoms with E-state index >= 15 is 0 Å². The summed E-state index contributed by atoms with van der Waals surface area (Å²) in [6.07, 6.45) is 5.49. The zero-order valence-corrected chi connectivity index (χ0v) is 10.8. The summed E-state index contributed by atoms with van der Waals surface area (Å²) in [6, 6.07) is 16.2. The number of ether oxygens (including phenoxy) is 1. The zero-order valence-electron chi connectivity index (χ0n) is 10.8. The molecule has 1 aliphatic rings. The van der Waals surface area contributed by atoms with Crippen LogP contribution in [-0.4, -0.2) is 6.04 Å². The average Bonchev–Trinajstić information content (AvgIpc) is 2.46. The minimum Gasteiger partial charge on any atom is -0.457 e. The highest BCUT2D eigenvalue weighted by Gasteiger charge is 2.27. The fourth-order valence-electron chi connectivity index (χ4n) is 2.39. The zero-order chi connectivity index (χ0) is 13.2. The van der Waals surface area contributed by atoms with Crippen molar-refractivity contribution in [3.8, 4) is 23.8 Å². The van der Waals surface area contributed by atoms with Crippen LogP contribution in [0.15, 0.2) is 48.5 Å². The van der Waals surface area contributed by atoms with Gasteiger partial charge in [-0.1, -0.05) is 42.3 Å². The number of rotatable bonds is 2. The number of benzene rings is 2. The highest BCUT2D eigenvalue weighted by atomic mass is 16.5. The van der Waals surface area contributed by atoms with Gasteiger partial charge in [0.15, 0.2) is 0 Å². The molecular formula is C17H15NO. The molecular weight excluding hydrogens is 234 g/mol. The Bertz CT molecular complexity index is 596. The van der Waals surface area contributed by atoms with Crippen LogP contribution >= 0.6 is 0 Å². The lowest BCUT2D eigenvalue weighted by molar-refractivity contribution is 0.424. The van der Waals surface area contributed by atoms with Gasteiger partial charge in [0.25, 0.3) is 0 Å². The predicted octanol–water partition coefficient (Wildman–Crippen LogP) is 3.49. The van der Waals surface area contributed by atoms with Crippen LogP contribution in [0.4, 0.5) is 0 Å². The summed E-state index contributed by atoms with van der Waals surface area (Å²) < 4.78 is 5.93. The van der Waals surface area contributed by atoms with Gasteiger partial charge in [-0.15, -0.1) is 6.42 Å². The first-order chi connectivity index (χ1) is 9.29. The van der Waals surface area contributed by atoms with Gasteiger partial charge < -0.3 is 4.74 Å². The summed E-state index contributed by atoms with van der Waals surface area (Å²) in [5.41, 5.74) is 2.26. The van der Waals surface area contributed by atoms with Crippen molar-refractivity contribution in [2.45, 2.75) is 19.0 Å². The van der Waals surface area contributed by atoms with Gasteiger partial charge in [0, 0.05) is 11.1 Å². The largest absolute Gasteiger partial charge is 0.457 e. The lowest BCUT2D eigenvalue weighted by Gasteiger charge is -2.30. The molecule has 1 aliphatic heterocycles. The number of hydrogen-bond donors (Lipinski definition) is 1. The van der Waals surface area contributed by atoms with E-state index < -0.39 is 0 Å². The summed E-state index contributed by atoms with van der Waals surface area (Å²) in [6.45, 7) is 1.99. The molecule has 1 atom stereocenters. The molecule has 0 fully saturated rings. The second-order valence-electron chi connectivity index (χ2n) is 4.67. The van der Waals surface area contributed by atoms with Crippen LogP contribution in [0.1, 0.15) is 24.1 Å². The quantitative estimate of drug-likeness (QED) is 0.823. The molecule has 2 aromatic rings. The van der Waals surface area contributed by atoms with Crippen LogP contribution < -0.4 is 10.1 Å². The van der Waals surface area contributed by atoms with Gasteiger partial charge in [-0.25, -0.2) is 0 Å². The summed E-state index contributed by atoms with van der Waals surface area (Å²) in [5.74, 6) is 4.51. The van der Waals surface area contributed by atoms with E-state index in [0.29, 0.717) is 0 Å². The molecule has 1 heterocycles. The van der Waals surface area contributed by atoms with Crippen molar-refractivity contribution in [3.63, 3.8) is 0 Å². The first-order valence-corrected chi connectivity index (χ1v) is 6.37. The predicted molar refractivity (Wildman–Crippen MR) is 76.2 cm³/mol. The van der Waals surface area contributed by atoms with Gasteiger partial charge in [0.2, 0.25) is 0 Å². The molecule has 19 heavy (non-hydrogen) atoms. The number of para-hydroxylation sites is 2. The molecule has 3 rings (SSSR count). The Morgan fingerprint density at radius 2 is 1.58 bits per heavy atom. The maximum Gasteiger partial charge on any atom is 0.132 e. The van der Waals surface area contributed by atoms with Crippen LogP contribution in [-0.2, 0) is 0 Å². The second kappa shape index (κ2) is 4.79. The van der Waals surface area contributed by atoms with Crippen molar-refractivity contribution in [2.75, 3.05) is 0 Å². The van der Waals surface area contributed by atoms with Crippen molar-refractivity contribution in [1.82, 2.24) is 5.32 Å². The third-order valence-corrected chi connectivity index (χ3v) is 3.35. The fourth-order valence-corrected chi connectivity index (χ4v) is 2.39. The standard InChI is InChI=1S/C17H15NO/c1-3-12(2)18-17-13-8-4-6-10-15(13)19-16-11-7-5-9-14(16)17/h1,4-12,17-18H,2H3. The molecule has 2 aromatic carbocycles. The lowest BCUT2D eigenvalue weighted by atomic mass is 9.94. The first kappa shape index (κ1) is 11.8. The van der Waals surface area contributed by atoms with E-state index in [1.807, 2.05) is 43.3 Å². The molecule has 0 spiro atoms. The van der Waals surface area contributed by atoms with E-state index in [1.54, 1.807) is 0 Å². The van der Waals surface area contributed by atoms with Gasteiger partial charge in [0.1, 0.15) is 11.5 Å². The molecule has 0 bridgehead atoms. The smallest absolute Gasteiger partial charge is 0.132 e. The average molecular weight is 249 g/mol. The maximum absolute atomic E-state index is 5.93. The van der Waals surface area contributed by atoms with Gasteiger partial charge in [-0.3, -0.25) is 5.32 Å². The third kappa shape index (κ3) is 2.09. The van der Waals surface area contributed by atoms with Crippen molar-refractivity contribution in [3.05, 3.63) is 59.7 Å². The van der Waals surface area contributed by atoms with E-state index in [0.717, 1.165) is 22.6 Å². The number of fused-ring (bicyclic) bond motifs is 2. The second-order valence-corrected chi connectivity index (χ2v) is 4.67. The van der Waals surface area contributed by atoms with Gasteiger partial charge in [-0.2, -0.15) is 0 Å². The van der Waals surface area contributed by atoms with Gasteiger partial charge in [-0.05, 0) is 19.1 Å². The van der Waals surface area contributed by atoms with E-state index in [-0.39, 0.29) is 12.1 Å². The molecule has 0 aliphatic carbocycles. The first-order valence-electron chi connectivity index (χ1n) is 6.37. The number of hydrogen-bond acceptors (Lipinski definition) is 2. The molecule has 94 valence electrons. The Balaban J connectivity index is 2.09. The summed E-state index contributed by atoms with van der Waals surface area (Å²) in [4.78, 5) is 0. The highest BCUT2D eigenvalue weighted by Crippen LogP contribution is 2.42. The Kier molecular flexibility index (Phi) is 2.98. The van der Waals surface area contributed by atoms with E-state index in [1.165, 1.54) is 0 Å².